The molecule has 0 aromatic carbocycles. The van der Waals surface area contributed by atoms with Gasteiger partial charge in [0.1, 0.15) is 12.1 Å². The molecule has 1 fully saturated rings. The molecule has 0 bridgehead atoms. The fourth-order valence-electron chi connectivity index (χ4n) is 3.43. The van der Waals surface area contributed by atoms with E-state index in [1.165, 1.54) is 12.0 Å². The molecule has 2 aromatic heterocycles. The van der Waals surface area contributed by atoms with E-state index in [2.05, 4.69) is 30.9 Å². The smallest absolute Gasteiger partial charge is 0.218 e. The van der Waals surface area contributed by atoms with Crippen LogP contribution in [-0.4, -0.2) is 57.5 Å². The van der Waals surface area contributed by atoms with Crippen molar-refractivity contribution in [1.82, 2.24) is 24.6 Å². The molecule has 8 nitrogen and oxygen atoms in total. The lowest BCUT2D eigenvalue weighted by atomic mass is 10.0. The number of piperidine rings is 1. The number of hydrogen-bond acceptors (Lipinski definition) is 7. The van der Waals surface area contributed by atoms with Gasteiger partial charge in [-0.15, -0.1) is 0 Å². The average Bonchev–Trinajstić information content (AvgIpc) is 3.06. The van der Waals surface area contributed by atoms with E-state index in [4.69, 9.17) is 14.6 Å². The summed E-state index contributed by atoms with van der Waals surface area (Å²) in [6.45, 7) is 5.33. The molecule has 1 N–H and O–H groups in total. The van der Waals surface area contributed by atoms with Crippen molar-refractivity contribution in [2.24, 2.45) is 0 Å². The first-order valence-electron chi connectivity index (χ1n) is 8.78. The monoisotopic (exact) mass is 344 g/mol. The number of nitrogens with zero attached hydrogens (tertiary/aromatic N) is 5. The fraction of sp³-hybridized carbons (Fsp3) is 0.588. The number of fused-ring (bicyclic) bond motifs is 1. The van der Waals surface area contributed by atoms with E-state index in [1.807, 2.05) is 6.07 Å². The summed E-state index contributed by atoms with van der Waals surface area (Å²) in [5, 5.41) is 8.18. The van der Waals surface area contributed by atoms with Gasteiger partial charge in [0.15, 0.2) is 0 Å². The zero-order valence-corrected chi connectivity index (χ0v) is 14.5. The maximum absolute atomic E-state index is 5.48. The summed E-state index contributed by atoms with van der Waals surface area (Å²) < 4.78 is 12.7. The van der Waals surface area contributed by atoms with Gasteiger partial charge in [-0.05, 0) is 18.9 Å². The number of ether oxygens (including phenoxy) is 2. The SMILES string of the molecule is COc1cc(NC2CCN(Cc3cc4n(n3)CCOC4)CC2)ncn1. The van der Waals surface area contributed by atoms with Crippen LogP contribution in [0.4, 0.5) is 5.82 Å². The highest BCUT2D eigenvalue weighted by atomic mass is 16.5. The molecule has 0 unspecified atom stereocenters. The first-order valence-corrected chi connectivity index (χ1v) is 8.78. The molecule has 0 aliphatic carbocycles. The Bertz CT molecular complexity index is 687. The molecule has 0 atom stereocenters. The van der Waals surface area contributed by atoms with Gasteiger partial charge in [-0.3, -0.25) is 9.58 Å². The largest absolute Gasteiger partial charge is 0.481 e. The van der Waals surface area contributed by atoms with Crippen molar-refractivity contribution < 1.29 is 9.47 Å². The Balaban J connectivity index is 1.28. The van der Waals surface area contributed by atoms with E-state index >= 15 is 0 Å². The second kappa shape index (κ2) is 7.37. The predicted molar refractivity (Wildman–Crippen MR) is 92.4 cm³/mol. The van der Waals surface area contributed by atoms with E-state index in [0.29, 0.717) is 18.5 Å². The number of aromatic nitrogens is 4. The Hall–Kier alpha value is -2.19. The molecule has 0 spiro atoms. The topological polar surface area (TPSA) is 77.3 Å². The highest BCUT2D eigenvalue weighted by molar-refractivity contribution is 5.38. The number of rotatable bonds is 5. The van der Waals surface area contributed by atoms with Gasteiger partial charge in [-0.25, -0.2) is 9.97 Å². The van der Waals surface area contributed by atoms with Crippen LogP contribution in [0.25, 0.3) is 0 Å². The molecule has 25 heavy (non-hydrogen) atoms. The molecule has 0 amide bonds. The van der Waals surface area contributed by atoms with Gasteiger partial charge in [0.25, 0.3) is 0 Å². The Labute approximate surface area is 147 Å². The summed E-state index contributed by atoms with van der Waals surface area (Å²) in [5.41, 5.74) is 2.34. The molecule has 8 heteroatoms. The van der Waals surface area contributed by atoms with Crippen LogP contribution in [0.1, 0.15) is 24.2 Å². The molecule has 134 valence electrons. The normalized spacial score (nSPS) is 18.8. The van der Waals surface area contributed by atoms with Crippen LogP contribution < -0.4 is 10.1 Å². The molecule has 4 heterocycles. The Morgan fingerprint density at radius 1 is 1.24 bits per heavy atom. The van der Waals surface area contributed by atoms with Crippen LogP contribution >= 0.6 is 0 Å². The molecule has 1 saturated heterocycles. The van der Waals surface area contributed by atoms with Crippen LogP contribution in [0, 0.1) is 0 Å². The molecule has 2 aliphatic heterocycles. The summed E-state index contributed by atoms with van der Waals surface area (Å²) in [5.74, 6) is 1.41. The highest BCUT2D eigenvalue weighted by Gasteiger charge is 2.21. The van der Waals surface area contributed by atoms with Crippen LogP contribution in [0.15, 0.2) is 18.5 Å². The lowest BCUT2D eigenvalue weighted by Crippen LogP contribution is -2.38. The third kappa shape index (κ3) is 3.91. The standard InChI is InChI=1S/C17H24N6O2/c1-24-17-9-16(18-12-19-17)20-13-2-4-22(5-3-13)10-14-8-15-11-25-7-6-23(15)21-14/h8-9,12-13H,2-7,10-11H2,1H3,(H,18,19,20). The minimum absolute atomic E-state index is 0.430. The maximum Gasteiger partial charge on any atom is 0.218 e. The van der Waals surface area contributed by atoms with Crippen molar-refractivity contribution in [2.45, 2.75) is 38.6 Å². The highest BCUT2D eigenvalue weighted by Crippen LogP contribution is 2.19. The molecule has 0 radical (unpaired) electrons. The van der Waals surface area contributed by atoms with Crippen molar-refractivity contribution >= 4 is 5.82 Å². The second-order valence-corrected chi connectivity index (χ2v) is 6.54. The van der Waals surface area contributed by atoms with Crippen LogP contribution in [-0.2, 0) is 24.4 Å². The first kappa shape index (κ1) is 16.3. The maximum atomic E-state index is 5.48. The quantitative estimate of drug-likeness (QED) is 0.876. The summed E-state index contributed by atoms with van der Waals surface area (Å²) in [6.07, 6.45) is 3.70. The Kier molecular flexibility index (Phi) is 4.80. The van der Waals surface area contributed by atoms with Gasteiger partial charge >= 0.3 is 0 Å². The van der Waals surface area contributed by atoms with E-state index in [-0.39, 0.29) is 0 Å². The third-order valence-electron chi connectivity index (χ3n) is 4.79. The van der Waals surface area contributed by atoms with Gasteiger partial charge in [0.2, 0.25) is 5.88 Å². The number of hydrogen-bond donors (Lipinski definition) is 1. The zero-order valence-electron chi connectivity index (χ0n) is 14.5. The molecular weight excluding hydrogens is 320 g/mol. The molecule has 4 rings (SSSR count). The summed E-state index contributed by atoms with van der Waals surface area (Å²) >= 11 is 0. The number of methoxy groups -OCH3 is 1. The van der Waals surface area contributed by atoms with Gasteiger partial charge in [-0.2, -0.15) is 5.10 Å². The average molecular weight is 344 g/mol. The lowest BCUT2D eigenvalue weighted by Gasteiger charge is -2.32. The minimum Gasteiger partial charge on any atom is -0.481 e. The van der Waals surface area contributed by atoms with Crippen LogP contribution in [0.2, 0.25) is 0 Å². The molecule has 2 aromatic rings. The van der Waals surface area contributed by atoms with E-state index in [0.717, 1.165) is 57.1 Å². The molecular formula is C17H24N6O2. The van der Waals surface area contributed by atoms with E-state index < -0.39 is 0 Å². The number of nitrogens with one attached hydrogen (secondary N) is 1. The van der Waals surface area contributed by atoms with Crippen molar-refractivity contribution in [3.8, 4) is 5.88 Å². The van der Waals surface area contributed by atoms with Crippen LogP contribution in [0.5, 0.6) is 5.88 Å². The minimum atomic E-state index is 0.430. The van der Waals surface area contributed by atoms with Crippen molar-refractivity contribution in [2.75, 3.05) is 32.1 Å². The lowest BCUT2D eigenvalue weighted by molar-refractivity contribution is 0.0799. The summed E-state index contributed by atoms with van der Waals surface area (Å²) in [7, 11) is 1.62. The van der Waals surface area contributed by atoms with Crippen LogP contribution in [0.3, 0.4) is 0 Å². The number of likely N-dealkylation sites (tertiary alicyclic amines) is 1. The zero-order chi connectivity index (χ0) is 17.1. The van der Waals surface area contributed by atoms with Gasteiger partial charge in [-0.1, -0.05) is 0 Å². The van der Waals surface area contributed by atoms with E-state index in [9.17, 15) is 0 Å². The van der Waals surface area contributed by atoms with Gasteiger partial charge < -0.3 is 14.8 Å². The summed E-state index contributed by atoms with van der Waals surface area (Å²) in [4.78, 5) is 10.8. The fourth-order valence-corrected chi connectivity index (χ4v) is 3.43. The molecule has 2 aliphatic rings. The first-order chi connectivity index (χ1) is 12.3. The number of anilines is 1. The molecule has 0 saturated carbocycles. The second-order valence-electron chi connectivity index (χ2n) is 6.54. The van der Waals surface area contributed by atoms with Crippen molar-refractivity contribution in [1.29, 1.82) is 0 Å². The predicted octanol–water partition coefficient (Wildman–Crippen LogP) is 1.29. The Morgan fingerprint density at radius 2 is 2.12 bits per heavy atom. The Morgan fingerprint density at radius 3 is 2.92 bits per heavy atom. The van der Waals surface area contributed by atoms with Crippen molar-refractivity contribution in [3.05, 3.63) is 29.8 Å². The summed E-state index contributed by atoms with van der Waals surface area (Å²) in [6, 6.07) is 4.44. The van der Waals surface area contributed by atoms with Crippen molar-refractivity contribution in [3.63, 3.8) is 0 Å². The van der Waals surface area contributed by atoms with Gasteiger partial charge in [0.05, 0.1) is 38.3 Å². The van der Waals surface area contributed by atoms with Gasteiger partial charge in [0, 0.05) is 31.7 Å². The third-order valence-corrected chi connectivity index (χ3v) is 4.79. The van der Waals surface area contributed by atoms with E-state index in [1.54, 1.807) is 7.11 Å².